The van der Waals surface area contributed by atoms with Crippen LogP contribution in [0, 0.1) is 0 Å². The summed E-state index contributed by atoms with van der Waals surface area (Å²) in [6.07, 6.45) is 97.4. The molecule has 5 atom stereocenters. The fraction of sp³-hybridized carbons (Fsp3) is 0.690. The van der Waals surface area contributed by atoms with E-state index in [4.69, 9.17) is 32.3 Å². The smallest absolute Gasteiger partial charge is 0.463 e. The Morgan fingerprint density at radius 1 is 0.276 bits per heavy atom. The van der Waals surface area contributed by atoms with Crippen molar-refractivity contribution in [1.82, 2.24) is 0 Å². The number of esters is 3. The molecule has 0 aliphatic heterocycles. The summed E-state index contributed by atoms with van der Waals surface area (Å²) in [5.41, 5.74) is 0. The van der Waals surface area contributed by atoms with Crippen LogP contribution in [0.2, 0.25) is 0 Å². The third kappa shape index (κ3) is 80.3. The SMILES string of the molecule is CC/C=C\C/C=C\C/C=C\C/C=C\C/C=C\CCCCCCCCCCCCCC(=O)OCC(O)COP(=O)(O)OCC(O)COP(=O)(O)OCC(COC(=O)CCCCCCCCCCC/C=C\C/C=C\C/C=C\C/C=C\CCCCC)OC(=O)CCCCCCCCC/C=C\C/C=C\C/C=C\CC. The van der Waals surface area contributed by atoms with Crippen molar-refractivity contribution in [2.45, 2.75) is 347 Å². The van der Waals surface area contributed by atoms with Gasteiger partial charge in [0.05, 0.1) is 26.4 Å². The molecule has 0 spiro atoms. The molecule has 0 radical (unpaired) electrons. The second kappa shape index (κ2) is 79.0. The van der Waals surface area contributed by atoms with Crippen LogP contribution in [0.15, 0.2) is 146 Å². The number of phosphoric acid groups is 2. The number of hydrogen-bond donors (Lipinski definition) is 4. The summed E-state index contributed by atoms with van der Waals surface area (Å²) in [7, 11) is -9.80. The molecule has 0 saturated heterocycles. The Kier molecular flexibility index (Phi) is 75.6. The van der Waals surface area contributed by atoms with E-state index in [1.807, 2.05) is 0 Å². The number of aliphatic hydroxyl groups excluding tert-OH is 2. The maximum atomic E-state index is 13.0. The van der Waals surface area contributed by atoms with E-state index < -0.39 is 91.5 Å². The maximum absolute atomic E-state index is 13.0. The second-order valence-corrected chi connectivity index (χ2v) is 30.1. The van der Waals surface area contributed by atoms with Crippen LogP contribution in [0.4, 0.5) is 0 Å². The number of aliphatic hydroxyl groups is 2. The Bertz CT molecular complexity index is 2490. The molecule has 0 aliphatic rings. The molecule has 0 aromatic heterocycles. The largest absolute Gasteiger partial charge is 0.472 e. The summed E-state index contributed by atoms with van der Waals surface area (Å²) < 4.78 is 61.3. The fourth-order valence-corrected chi connectivity index (χ4v) is 12.4. The molecule has 0 fully saturated rings. The predicted octanol–water partition coefficient (Wildman–Crippen LogP) is 24.4. The Morgan fingerprint density at radius 2 is 0.505 bits per heavy atom. The van der Waals surface area contributed by atoms with Gasteiger partial charge in [0.2, 0.25) is 0 Å². The number of rotatable bonds is 77. The third-order valence-electron chi connectivity index (χ3n) is 17.0. The Labute approximate surface area is 638 Å². The molecule has 4 N–H and O–H groups in total. The van der Waals surface area contributed by atoms with Crippen LogP contribution >= 0.6 is 15.6 Å². The number of ether oxygens (including phenoxy) is 3. The van der Waals surface area contributed by atoms with Crippen LogP contribution in [0.3, 0.4) is 0 Å². The molecule has 0 aromatic carbocycles. The van der Waals surface area contributed by atoms with Gasteiger partial charge >= 0.3 is 33.6 Å². The van der Waals surface area contributed by atoms with Crippen LogP contribution in [0.5, 0.6) is 0 Å². The van der Waals surface area contributed by atoms with Crippen LogP contribution in [-0.4, -0.2) is 95.9 Å². The molecule has 16 nitrogen and oxygen atoms in total. The van der Waals surface area contributed by atoms with Gasteiger partial charge in [0, 0.05) is 19.3 Å². The minimum Gasteiger partial charge on any atom is -0.463 e. The molecule has 0 heterocycles. The first-order valence-electron chi connectivity index (χ1n) is 41.1. The Morgan fingerprint density at radius 3 is 0.800 bits per heavy atom. The van der Waals surface area contributed by atoms with E-state index in [0.717, 1.165) is 173 Å². The first kappa shape index (κ1) is 100. The number of allylic oxidation sites excluding steroid dienone is 24. The lowest BCUT2D eigenvalue weighted by molar-refractivity contribution is -0.161. The summed E-state index contributed by atoms with van der Waals surface area (Å²) in [5, 5.41) is 20.7. The zero-order valence-corrected chi connectivity index (χ0v) is 67.6. The summed E-state index contributed by atoms with van der Waals surface area (Å²) in [4.78, 5) is 58.8. The van der Waals surface area contributed by atoms with Crippen molar-refractivity contribution in [3.05, 3.63) is 146 Å². The highest BCUT2D eigenvalue weighted by atomic mass is 31.2. The van der Waals surface area contributed by atoms with Gasteiger partial charge in [0.15, 0.2) is 6.10 Å². The first-order valence-corrected chi connectivity index (χ1v) is 44.1. The van der Waals surface area contributed by atoms with Gasteiger partial charge in [-0.2, -0.15) is 0 Å². The minimum atomic E-state index is -4.94. The molecule has 602 valence electrons. The molecule has 0 aliphatic carbocycles. The second-order valence-electron chi connectivity index (χ2n) is 27.2. The highest BCUT2D eigenvalue weighted by molar-refractivity contribution is 7.47. The normalized spacial score (nSPS) is 14.7. The van der Waals surface area contributed by atoms with Gasteiger partial charge in [-0.05, 0) is 141 Å². The topological polar surface area (TPSA) is 231 Å². The van der Waals surface area contributed by atoms with Crippen molar-refractivity contribution in [2.75, 3.05) is 39.6 Å². The fourth-order valence-electron chi connectivity index (χ4n) is 10.8. The van der Waals surface area contributed by atoms with E-state index in [2.05, 4.69) is 167 Å². The van der Waals surface area contributed by atoms with Crippen molar-refractivity contribution < 1.29 is 75.8 Å². The van der Waals surface area contributed by atoms with Gasteiger partial charge in [0.1, 0.15) is 25.4 Å². The lowest BCUT2D eigenvalue weighted by atomic mass is 10.0. The van der Waals surface area contributed by atoms with Gasteiger partial charge in [0.25, 0.3) is 0 Å². The summed E-state index contributed by atoms with van der Waals surface area (Å²) in [6.45, 7) is 2.43. The van der Waals surface area contributed by atoms with Crippen LogP contribution in [0.25, 0.3) is 0 Å². The van der Waals surface area contributed by atoms with Crippen LogP contribution in [0.1, 0.15) is 329 Å². The molecular weight excluding hydrogens is 1360 g/mol. The van der Waals surface area contributed by atoms with E-state index in [-0.39, 0.29) is 19.3 Å². The molecule has 0 amide bonds. The van der Waals surface area contributed by atoms with Gasteiger partial charge in [-0.3, -0.25) is 32.5 Å². The molecule has 0 bridgehead atoms. The molecule has 0 rings (SSSR count). The number of phosphoric ester groups is 2. The van der Waals surface area contributed by atoms with Crippen molar-refractivity contribution in [1.29, 1.82) is 0 Å². The highest BCUT2D eigenvalue weighted by Gasteiger charge is 2.29. The monoisotopic (exact) mass is 1510 g/mol. The average molecular weight is 1510 g/mol. The molecule has 5 unspecified atom stereocenters. The zero-order valence-electron chi connectivity index (χ0n) is 65.9. The Balaban J connectivity index is 4.61. The molecule has 0 aromatic rings. The van der Waals surface area contributed by atoms with Crippen molar-refractivity contribution in [2.24, 2.45) is 0 Å². The minimum absolute atomic E-state index is 0.0887. The zero-order chi connectivity index (χ0) is 76.6. The van der Waals surface area contributed by atoms with E-state index in [0.29, 0.717) is 19.3 Å². The number of unbranched alkanes of at least 4 members (excludes halogenated alkanes) is 30. The summed E-state index contributed by atoms with van der Waals surface area (Å²) in [6, 6.07) is 0. The molecular formula is C87H148O16P2. The van der Waals surface area contributed by atoms with Gasteiger partial charge in [-0.1, -0.05) is 314 Å². The Hall–Kier alpha value is -4.57. The summed E-state index contributed by atoms with van der Waals surface area (Å²) in [5.74, 6) is -1.59. The van der Waals surface area contributed by atoms with Crippen molar-refractivity contribution in [3.63, 3.8) is 0 Å². The average Bonchev–Trinajstić information content (AvgIpc) is 0.911. The van der Waals surface area contributed by atoms with Gasteiger partial charge in [-0.25, -0.2) is 9.13 Å². The van der Waals surface area contributed by atoms with Crippen LogP contribution in [-0.2, 0) is 55.8 Å². The quantitative estimate of drug-likeness (QED) is 0.0146. The lowest BCUT2D eigenvalue weighted by Gasteiger charge is -2.21. The van der Waals surface area contributed by atoms with E-state index in [1.165, 1.54) is 96.3 Å². The number of carbonyl (C=O) groups is 3. The van der Waals surface area contributed by atoms with E-state index >= 15 is 0 Å². The molecule has 0 saturated carbocycles. The van der Waals surface area contributed by atoms with Crippen LogP contribution < -0.4 is 0 Å². The third-order valence-corrected chi connectivity index (χ3v) is 18.9. The molecule has 18 heteroatoms. The standard InChI is InChI=1S/C87H148O16P2/c1-4-7-10-13-16-19-22-25-28-31-33-35-37-39-40-42-44-45-47-50-52-55-58-61-64-67-70-73-85(90)97-76-82(88)77-99-104(93,94)100-78-83(89)79-101-105(95,96)102-81-84(103-87(92)75-72-69-66-63-60-57-54-49-30-27-24-21-18-15-12-9-6-3)80-98-86(91)74-71-68-65-62-59-56-53-51-48-46-43-41-38-36-34-32-29-26-23-20-17-14-11-8-5-2/h7,9-10,12,16-21,25-30,33-36,39-41,43,82-84,88-89H,4-6,8,11,13-15,22-24,31-32,37-38,42,44-81H2,1-3H3,(H,93,94)(H,95,96)/b10-7-,12-9-,19-16-,20-17-,21-18-,28-25-,29-26-,30-27-,35-33-,36-34-,40-39-,43-41-. The summed E-state index contributed by atoms with van der Waals surface area (Å²) >= 11 is 0. The first-order chi connectivity index (χ1) is 51.2. The maximum Gasteiger partial charge on any atom is 0.472 e. The van der Waals surface area contributed by atoms with Crippen molar-refractivity contribution in [3.8, 4) is 0 Å². The van der Waals surface area contributed by atoms with Gasteiger partial charge < -0.3 is 34.2 Å². The van der Waals surface area contributed by atoms with E-state index in [1.54, 1.807) is 0 Å². The van der Waals surface area contributed by atoms with E-state index in [9.17, 15) is 43.5 Å². The number of carbonyl (C=O) groups excluding carboxylic acids is 3. The molecule has 105 heavy (non-hydrogen) atoms. The van der Waals surface area contributed by atoms with Gasteiger partial charge in [-0.15, -0.1) is 0 Å². The highest BCUT2D eigenvalue weighted by Crippen LogP contribution is 2.45. The lowest BCUT2D eigenvalue weighted by Crippen LogP contribution is -2.30. The van der Waals surface area contributed by atoms with Crippen molar-refractivity contribution >= 4 is 33.6 Å². The predicted molar refractivity (Wildman–Crippen MR) is 436 cm³/mol. The number of hydrogen-bond acceptors (Lipinski definition) is 14.